The van der Waals surface area contributed by atoms with Crippen LogP contribution < -0.4 is 4.74 Å². The Balaban J connectivity index is 1.57. The van der Waals surface area contributed by atoms with Crippen molar-refractivity contribution in [3.63, 3.8) is 0 Å². The van der Waals surface area contributed by atoms with Gasteiger partial charge < -0.3 is 14.1 Å². The predicted molar refractivity (Wildman–Crippen MR) is 92.1 cm³/mol. The standard InChI is InChI=1S/C19H24N2O3/c1-15(2)24-17-6-3-5-16(13-17)19(22)21-10-8-20(9-11-21)14-18-7-4-12-23-18/h3-7,12-13,15H,8-11,14H2,1-2H3. The van der Waals surface area contributed by atoms with Gasteiger partial charge in [-0.3, -0.25) is 9.69 Å². The fourth-order valence-corrected chi connectivity index (χ4v) is 2.89. The number of ether oxygens (including phenoxy) is 1. The van der Waals surface area contributed by atoms with E-state index in [2.05, 4.69) is 4.90 Å². The fourth-order valence-electron chi connectivity index (χ4n) is 2.89. The predicted octanol–water partition coefficient (Wildman–Crippen LogP) is 3.02. The van der Waals surface area contributed by atoms with Crippen LogP contribution in [0.25, 0.3) is 0 Å². The van der Waals surface area contributed by atoms with E-state index in [-0.39, 0.29) is 12.0 Å². The molecule has 0 bridgehead atoms. The molecule has 5 nitrogen and oxygen atoms in total. The van der Waals surface area contributed by atoms with E-state index in [9.17, 15) is 4.79 Å². The minimum atomic E-state index is 0.0712. The zero-order chi connectivity index (χ0) is 16.9. The van der Waals surface area contributed by atoms with Gasteiger partial charge in [0.15, 0.2) is 0 Å². The van der Waals surface area contributed by atoms with E-state index in [4.69, 9.17) is 9.15 Å². The molecule has 1 aliphatic rings. The molecule has 2 aromatic rings. The van der Waals surface area contributed by atoms with E-state index in [1.807, 2.05) is 55.1 Å². The van der Waals surface area contributed by atoms with Crippen LogP contribution in [-0.4, -0.2) is 48.0 Å². The van der Waals surface area contributed by atoms with Crippen LogP contribution in [-0.2, 0) is 6.54 Å². The maximum Gasteiger partial charge on any atom is 0.254 e. The van der Waals surface area contributed by atoms with Gasteiger partial charge in [-0.15, -0.1) is 0 Å². The molecule has 1 saturated heterocycles. The zero-order valence-electron chi connectivity index (χ0n) is 14.3. The molecule has 0 atom stereocenters. The van der Waals surface area contributed by atoms with Gasteiger partial charge >= 0.3 is 0 Å². The van der Waals surface area contributed by atoms with Gasteiger partial charge in [0.25, 0.3) is 5.91 Å². The van der Waals surface area contributed by atoms with Gasteiger partial charge in [-0.25, -0.2) is 0 Å². The van der Waals surface area contributed by atoms with Crippen molar-refractivity contribution in [3.05, 3.63) is 54.0 Å². The second kappa shape index (κ2) is 7.53. The summed E-state index contributed by atoms with van der Waals surface area (Å²) < 4.78 is 11.1. The van der Waals surface area contributed by atoms with Crippen LogP contribution in [0.15, 0.2) is 47.1 Å². The van der Waals surface area contributed by atoms with Gasteiger partial charge in [-0.1, -0.05) is 6.07 Å². The highest BCUT2D eigenvalue weighted by Gasteiger charge is 2.22. The van der Waals surface area contributed by atoms with Crippen LogP contribution in [0.4, 0.5) is 0 Å². The molecular weight excluding hydrogens is 304 g/mol. The number of carbonyl (C=O) groups is 1. The molecule has 0 saturated carbocycles. The number of hydrogen-bond donors (Lipinski definition) is 0. The van der Waals surface area contributed by atoms with Crippen LogP contribution in [0.2, 0.25) is 0 Å². The highest BCUT2D eigenvalue weighted by atomic mass is 16.5. The zero-order valence-corrected chi connectivity index (χ0v) is 14.3. The van der Waals surface area contributed by atoms with E-state index in [0.717, 1.165) is 44.2 Å². The van der Waals surface area contributed by atoms with Crippen LogP contribution >= 0.6 is 0 Å². The molecule has 5 heteroatoms. The number of furan rings is 1. The third kappa shape index (κ3) is 4.17. The molecule has 0 N–H and O–H groups in total. The van der Waals surface area contributed by atoms with Crippen molar-refractivity contribution in [1.29, 1.82) is 0 Å². The average Bonchev–Trinajstić information content (AvgIpc) is 3.07. The first-order valence-electron chi connectivity index (χ1n) is 8.42. The normalized spacial score (nSPS) is 15.7. The molecule has 1 aliphatic heterocycles. The third-order valence-electron chi connectivity index (χ3n) is 4.07. The van der Waals surface area contributed by atoms with Gasteiger partial charge in [-0.05, 0) is 44.2 Å². The lowest BCUT2D eigenvalue weighted by molar-refractivity contribution is 0.0619. The lowest BCUT2D eigenvalue weighted by Crippen LogP contribution is -2.48. The number of piperazine rings is 1. The highest BCUT2D eigenvalue weighted by molar-refractivity contribution is 5.94. The Morgan fingerprint density at radius 1 is 1.17 bits per heavy atom. The number of carbonyl (C=O) groups excluding carboxylic acids is 1. The topological polar surface area (TPSA) is 45.9 Å². The lowest BCUT2D eigenvalue weighted by atomic mass is 10.1. The van der Waals surface area contributed by atoms with Crippen molar-refractivity contribution in [1.82, 2.24) is 9.80 Å². The molecule has 3 rings (SSSR count). The molecule has 2 heterocycles. The summed E-state index contributed by atoms with van der Waals surface area (Å²) in [4.78, 5) is 16.9. The number of nitrogens with zero attached hydrogens (tertiary/aromatic N) is 2. The molecule has 0 aliphatic carbocycles. The Labute approximate surface area is 142 Å². The summed E-state index contributed by atoms with van der Waals surface area (Å²) in [6.07, 6.45) is 1.79. The molecule has 0 unspecified atom stereocenters. The highest BCUT2D eigenvalue weighted by Crippen LogP contribution is 2.17. The van der Waals surface area contributed by atoms with Gasteiger partial charge in [0, 0.05) is 31.7 Å². The Morgan fingerprint density at radius 2 is 1.96 bits per heavy atom. The minimum Gasteiger partial charge on any atom is -0.491 e. The van der Waals surface area contributed by atoms with Gasteiger partial charge in [0.2, 0.25) is 0 Å². The SMILES string of the molecule is CC(C)Oc1cccc(C(=O)N2CCN(Cc3ccco3)CC2)c1. The molecule has 1 aromatic carbocycles. The van der Waals surface area contributed by atoms with E-state index >= 15 is 0 Å². The van der Waals surface area contributed by atoms with Crippen molar-refractivity contribution in [3.8, 4) is 5.75 Å². The molecule has 1 fully saturated rings. The summed E-state index contributed by atoms with van der Waals surface area (Å²) in [6, 6.07) is 11.3. The summed E-state index contributed by atoms with van der Waals surface area (Å²) in [5.41, 5.74) is 0.688. The van der Waals surface area contributed by atoms with Crippen molar-refractivity contribution in [2.45, 2.75) is 26.5 Å². The van der Waals surface area contributed by atoms with E-state index in [1.54, 1.807) is 6.26 Å². The molecule has 0 spiro atoms. The van der Waals surface area contributed by atoms with Gasteiger partial charge in [0.05, 0.1) is 18.9 Å². The van der Waals surface area contributed by atoms with E-state index in [1.165, 1.54) is 0 Å². The average molecular weight is 328 g/mol. The first-order valence-corrected chi connectivity index (χ1v) is 8.42. The molecular formula is C19H24N2O3. The van der Waals surface area contributed by atoms with Crippen LogP contribution in [0, 0.1) is 0 Å². The van der Waals surface area contributed by atoms with Crippen molar-refractivity contribution in [2.75, 3.05) is 26.2 Å². The first kappa shape index (κ1) is 16.6. The summed E-state index contributed by atoms with van der Waals surface area (Å²) in [5, 5.41) is 0. The fraction of sp³-hybridized carbons (Fsp3) is 0.421. The van der Waals surface area contributed by atoms with Crippen molar-refractivity contribution in [2.24, 2.45) is 0 Å². The molecule has 24 heavy (non-hydrogen) atoms. The number of rotatable bonds is 5. The van der Waals surface area contributed by atoms with Gasteiger partial charge in [-0.2, -0.15) is 0 Å². The number of hydrogen-bond acceptors (Lipinski definition) is 4. The van der Waals surface area contributed by atoms with Crippen molar-refractivity contribution >= 4 is 5.91 Å². The van der Waals surface area contributed by atoms with Crippen LogP contribution in [0.3, 0.4) is 0 Å². The first-order chi connectivity index (χ1) is 11.6. The molecule has 1 aromatic heterocycles. The third-order valence-corrected chi connectivity index (χ3v) is 4.07. The lowest BCUT2D eigenvalue weighted by Gasteiger charge is -2.34. The summed E-state index contributed by atoms with van der Waals surface area (Å²) in [6.45, 7) is 7.93. The number of benzene rings is 1. The smallest absolute Gasteiger partial charge is 0.254 e. The van der Waals surface area contributed by atoms with Crippen molar-refractivity contribution < 1.29 is 13.9 Å². The molecule has 0 radical (unpaired) electrons. The second-order valence-electron chi connectivity index (χ2n) is 6.34. The Hall–Kier alpha value is -2.27. The summed E-state index contributed by atoms with van der Waals surface area (Å²) in [5.74, 6) is 1.78. The maximum atomic E-state index is 12.7. The monoisotopic (exact) mass is 328 g/mol. The van der Waals surface area contributed by atoms with Gasteiger partial charge in [0.1, 0.15) is 11.5 Å². The maximum absolute atomic E-state index is 12.7. The molecule has 1 amide bonds. The Morgan fingerprint density at radius 3 is 2.62 bits per heavy atom. The second-order valence-corrected chi connectivity index (χ2v) is 6.34. The minimum absolute atomic E-state index is 0.0712. The Bertz CT molecular complexity index is 659. The molecule has 128 valence electrons. The van der Waals surface area contributed by atoms with E-state index < -0.39 is 0 Å². The summed E-state index contributed by atoms with van der Waals surface area (Å²) in [7, 11) is 0. The summed E-state index contributed by atoms with van der Waals surface area (Å²) >= 11 is 0. The van der Waals surface area contributed by atoms with Crippen LogP contribution in [0.5, 0.6) is 5.75 Å². The number of amides is 1. The largest absolute Gasteiger partial charge is 0.491 e. The quantitative estimate of drug-likeness (QED) is 0.846. The Kier molecular flexibility index (Phi) is 5.20. The van der Waals surface area contributed by atoms with E-state index in [0.29, 0.717) is 5.56 Å². The van der Waals surface area contributed by atoms with Crippen LogP contribution in [0.1, 0.15) is 30.0 Å².